The molecule has 0 heterocycles. The zero-order valence-corrected chi connectivity index (χ0v) is 8.41. The van der Waals surface area contributed by atoms with E-state index in [-0.39, 0.29) is 0 Å². The van der Waals surface area contributed by atoms with E-state index in [0.29, 0.717) is 0 Å². The van der Waals surface area contributed by atoms with Crippen molar-refractivity contribution in [2.24, 2.45) is 0 Å². The fourth-order valence-electron chi connectivity index (χ4n) is 0.708. The molecule has 0 atom stereocenters. The number of hydrogen-bond acceptors (Lipinski definition) is 0. The van der Waals surface area contributed by atoms with E-state index in [1.54, 1.807) is 0 Å². The van der Waals surface area contributed by atoms with Crippen LogP contribution >= 0.6 is 0 Å². The maximum atomic E-state index is 2.83. The topological polar surface area (TPSA) is 0 Å². The van der Waals surface area contributed by atoms with Crippen LogP contribution in [-0.4, -0.2) is 2.21 Å². The number of hydrogen-bond donors (Lipinski definition) is 0. The molecule has 0 amide bonds. The monoisotopic (exact) mass is 292 g/mol. The Morgan fingerprint density at radius 2 is 2.20 bits per heavy atom. The first kappa shape index (κ1) is 10.7. The Morgan fingerprint density at radius 3 is 2.60 bits per heavy atom. The maximum absolute atomic E-state index is 2.83. The summed E-state index contributed by atoms with van der Waals surface area (Å²) < 4.78 is 2.08. The molecule has 0 radical (unpaired) electrons. The fraction of sp³-hybridized carbons (Fsp3) is 0.556. The zero-order chi connectivity index (χ0) is 7.82. The molecule has 0 rings (SSSR count). The van der Waals surface area contributed by atoms with Crippen LogP contribution in [0.4, 0.5) is 0 Å². The molecule has 0 saturated carbocycles. The molecule has 1 heteroatoms. The normalized spacial score (nSPS) is 11.4. The third-order valence-electron chi connectivity index (χ3n) is 1.21. The molecule has 0 nitrogen and oxygen atoms in total. The van der Waals surface area contributed by atoms with Gasteiger partial charge in [0.05, 0.1) is 0 Å². The van der Waals surface area contributed by atoms with Gasteiger partial charge in [-0.05, 0) is 0 Å². The molecule has 0 aromatic heterocycles. The third kappa shape index (κ3) is 5.49. The van der Waals surface area contributed by atoms with Gasteiger partial charge in [-0.1, -0.05) is 0 Å². The molecule has 0 fully saturated rings. The Balaban J connectivity index is 3.66. The third-order valence-corrected chi connectivity index (χ3v) is 1.87. The summed E-state index contributed by atoms with van der Waals surface area (Å²) in [5, 5.41) is 0. The second kappa shape index (κ2) is 7.82. The van der Waals surface area contributed by atoms with E-state index in [1.807, 2.05) is 0 Å². The SMILES string of the molecule is CC[CH-]C=C([CH]=[Tm])CCC. The summed E-state index contributed by atoms with van der Waals surface area (Å²) in [6, 6.07) is 0. The molecule has 0 aromatic rings. The Hall–Kier alpha value is 0.714. The molecule has 0 bridgehead atoms. The molecule has 0 spiro atoms. The van der Waals surface area contributed by atoms with Crippen LogP contribution in [0.3, 0.4) is 0 Å². The van der Waals surface area contributed by atoms with Gasteiger partial charge in [0, 0.05) is 0 Å². The number of rotatable bonds is 5. The van der Waals surface area contributed by atoms with E-state index >= 15 is 0 Å². The average Bonchev–Trinajstić information content (AvgIpc) is 1.98. The average molecular weight is 292 g/mol. The van der Waals surface area contributed by atoms with Crippen LogP contribution in [0.1, 0.15) is 33.1 Å². The minimum absolute atomic E-state index is 1.13. The minimum atomic E-state index is 1.13. The van der Waals surface area contributed by atoms with E-state index in [9.17, 15) is 0 Å². The molecule has 0 aliphatic rings. The van der Waals surface area contributed by atoms with Crippen molar-refractivity contribution in [3.63, 3.8) is 0 Å². The van der Waals surface area contributed by atoms with E-state index in [2.05, 4.69) is 63.0 Å². The van der Waals surface area contributed by atoms with Crippen LogP contribution in [0, 0.1) is 40.9 Å². The van der Waals surface area contributed by atoms with Crippen LogP contribution in [0.25, 0.3) is 0 Å². The first-order valence-electron chi connectivity index (χ1n) is 3.75. The van der Waals surface area contributed by atoms with Crippen LogP contribution in [0.15, 0.2) is 11.6 Å². The van der Waals surface area contributed by atoms with Gasteiger partial charge in [0.25, 0.3) is 0 Å². The van der Waals surface area contributed by atoms with E-state index < -0.39 is 0 Å². The van der Waals surface area contributed by atoms with Gasteiger partial charge in [-0.15, -0.1) is 0 Å². The summed E-state index contributed by atoms with van der Waals surface area (Å²) in [6.45, 7) is 4.35. The predicted octanol–water partition coefficient (Wildman–Crippen LogP) is 2.68. The van der Waals surface area contributed by atoms with Gasteiger partial charge in [-0.2, -0.15) is 0 Å². The van der Waals surface area contributed by atoms with Crippen molar-refractivity contribution in [1.29, 1.82) is 0 Å². The molecule has 0 aliphatic heterocycles. The summed E-state index contributed by atoms with van der Waals surface area (Å²) in [5.41, 5.74) is 1.41. The summed E-state index contributed by atoms with van der Waals surface area (Å²) in [6.07, 6.45) is 7.93. The molecule has 0 N–H and O–H groups in total. The van der Waals surface area contributed by atoms with Gasteiger partial charge in [-0.25, -0.2) is 0 Å². The van der Waals surface area contributed by atoms with Gasteiger partial charge in [0.2, 0.25) is 0 Å². The van der Waals surface area contributed by atoms with Gasteiger partial charge in [0.1, 0.15) is 0 Å². The first-order chi connectivity index (χ1) is 4.85. The van der Waals surface area contributed by atoms with Crippen molar-refractivity contribution in [3.05, 3.63) is 18.1 Å². The van der Waals surface area contributed by atoms with Crippen LogP contribution in [0.5, 0.6) is 0 Å². The quantitative estimate of drug-likeness (QED) is 0.683. The predicted molar refractivity (Wildman–Crippen MR) is 43.6 cm³/mol. The summed E-state index contributed by atoms with van der Waals surface area (Å²) in [4.78, 5) is 0. The standard InChI is InChI=1S/C9H15.Tm/c1-4-6-8-9(3)7-5-2;/h3,6,8H,4-5,7H2,1-2H3;/q-1;. The molecule has 0 aromatic carbocycles. The Labute approximate surface area is 87.1 Å². The van der Waals surface area contributed by atoms with E-state index in [1.165, 1.54) is 18.4 Å². The van der Waals surface area contributed by atoms with Gasteiger partial charge < -0.3 is 0 Å². The van der Waals surface area contributed by atoms with Crippen molar-refractivity contribution in [1.82, 2.24) is 0 Å². The molecular formula is C9H15Tm-. The molecule has 0 saturated heterocycles. The van der Waals surface area contributed by atoms with Gasteiger partial charge in [-0.3, -0.25) is 0 Å². The van der Waals surface area contributed by atoms with Gasteiger partial charge in [0.15, 0.2) is 0 Å². The van der Waals surface area contributed by atoms with Crippen molar-refractivity contribution >= 4 is 2.21 Å². The van der Waals surface area contributed by atoms with Crippen LogP contribution in [0.2, 0.25) is 0 Å². The number of unbranched alkanes of at least 4 members (excludes halogenated alkanes) is 1. The summed E-state index contributed by atoms with van der Waals surface area (Å²) >= 11 is 2.83. The van der Waals surface area contributed by atoms with Crippen molar-refractivity contribution in [2.45, 2.75) is 33.1 Å². The molecular weight excluding hydrogens is 277 g/mol. The first-order valence-corrected chi connectivity index (χ1v) is 4.77. The van der Waals surface area contributed by atoms with Crippen molar-refractivity contribution in [3.8, 4) is 0 Å². The van der Waals surface area contributed by atoms with Gasteiger partial charge >= 0.3 is 87.8 Å². The molecule has 10 heavy (non-hydrogen) atoms. The fourth-order valence-corrected chi connectivity index (χ4v) is 1.14. The molecule has 0 unspecified atom stereocenters. The Bertz CT molecular complexity index is 114. The number of allylic oxidation sites excluding steroid dienone is 2. The van der Waals surface area contributed by atoms with Crippen molar-refractivity contribution in [2.75, 3.05) is 0 Å². The molecule has 0 aliphatic carbocycles. The molecule has 65 valence electrons. The Morgan fingerprint density at radius 1 is 1.50 bits per heavy atom. The zero-order valence-electron chi connectivity index (χ0n) is 6.63. The Kier molecular flexibility index (Phi) is 8.37. The second-order valence-corrected chi connectivity index (χ2v) is 2.73. The van der Waals surface area contributed by atoms with E-state index in [4.69, 9.17) is 0 Å². The van der Waals surface area contributed by atoms with Crippen LogP contribution < -0.4 is 0 Å². The summed E-state index contributed by atoms with van der Waals surface area (Å²) in [5.74, 6) is 0. The van der Waals surface area contributed by atoms with Crippen molar-refractivity contribution < 1.29 is 34.4 Å². The van der Waals surface area contributed by atoms with Crippen LogP contribution in [-0.2, 0) is 0 Å². The second-order valence-electron chi connectivity index (χ2n) is 2.22. The van der Waals surface area contributed by atoms with E-state index in [0.717, 1.165) is 6.42 Å². The summed E-state index contributed by atoms with van der Waals surface area (Å²) in [7, 11) is 0.